The first-order valence-corrected chi connectivity index (χ1v) is 10.3. The minimum Gasteiger partial charge on any atom is -0.334 e. The topological polar surface area (TPSA) is 139 Å². The maximum Gasteiger partial charge on any atom is 0.354 e. The van der Waals surface area contributed by atoms with Gasteiger partial charge in [-0.05, 0) is 56.2 Å². The number of hydrogen-bond acceptors (Lipinski definition) is 8. The predicted octanol–water partition coefficient (Wildman–Crippen LogP) is 3.36. The van der Waals surface area contributed by atoms with Crippen molar-refractivity contribution in [1.29, 1.82) is 0 Å². The van der Waals surface area contributed by atoms with Crippen LogP contribution >= 0.6 is 0 Å². The van der Waals surface area contributed by atoms with E-state index in [0.717, 1.165) is 23.0 Å². The van der Waals surface area contributed by atoms with Gasteiger partial charge < -0.3 is 5.32 Å². The number of nitro groups is 1. The fraction of sp³-hybridized carbons (Fsp3) is 0.158. The molecule has 0 fully saturated rings. The number of aromatic nitrogens is 2. The van der Waals surface area contributed by atoms with Crippen LogP contribution in [0.25, 0.3) is 0 Å². The van der Waals surface area contributed by atoms with Crippen LogP contribution in [0.15, 0.2) is 53.7 Å². The molecule has 11 heteroatoms. The van der Waals surface area contributed by atoms with E-state index in [4.69, 9.17) is 0 Å². The van der Waals surface area contributed by atoms with E-state index < -0.39 is 20.6 Å². The molecule has 0 amide bonds. The lowest BCUT2D eigenvalue weighted by atomic mass is 10.1. The summed E-state index contributed by atoms with van der Waals surface area (Å²) in [4.78, 5) is 20.9. The molecule has 3 N–H and O–H groups in total. The Morgan fingerprint density at radius 1 is 0.900 bits per heavy atom. The van der Waals surface area contributed by atoms with Crippen LogP contribution in [0, 0.1) is 30.9 Å². The van der Waals surface area contributed by atoms with Gasteiger partial charge in [-0.3, -0.25) is 15.5 Å². The third-order valence-electron chi connectivity index (χ3n) is 4.12. The van der Waals surface area contributed by atoms with Crippen LogP contribution in [0.3, 0.4) is 0 Å². The third-order valence-corrected chi connectivity index (χ3v) is 5.39. The molecule has 30 heavy (non-hydrogen) atoms. The summed E-state index contributed by atoms with van der Waals surface area (Å²) in [5.74, 6) is -0.366. The molecule has 0 spiro atoms. The lowest BCUT2D eigenvalue weighted by Gasteiger charge is -2.12. The van der Waals surface area contributed by atoms with Crippen molar-refractivity contribution in [2.75, 3.05) is 10.7 Å². The maximum atomic E-state index is 12.4. The van der Waals surface area contributed by atoms with Gasteiger partial charge in [0.2, 0.25) is 11.6 Å². The van der Waals surface area contributed by atoms with Gasteiger partial charge in [0.15, 0.2) is 0 Å². The van der Waals surface area contributed by atoms with Gasteiger partial charge in [-0.2, -0.15) is 0 Å². The largest absolute Gasteiger partial charge is 0.354 e. The zero-order chi connectivity index (χ0) is 21.9. The number of rotatable bonds is 7. The van der Waals surface area contributed by atoms with E-state index in [1.165, 1.54) is 12.1 Å². The molecule has 0 atom stereocenters. The SMILES string of the molecule is Cc1ccc(S(=O)(=O)NNc2ncnc(Nc3cc(C)cc(C)c3)c2[N+](=O)[O-])cc1. The highest BCUT2D eigenvalue weighted by Gasteiger charge is 2.25. The van der Waals surface area contributed by atoms with Crippen molar-refractivity contribution < 1.29 is 13.3 Å². The lowest BCUT2D eigenvalue weighted by Crippen LogP contribution is -2.30. The highest BCUT2D eigenvalue weighted by molar-refractivity contribution is 7.89. The van der Waals surface area contributed by atoms with E-state index in [0.29, 0.717) is 5.69 Å². The number of hydrogen-bond donors (Lipinski definition) is 3. The van der Waals surface area contributed by atoms with Crippen LogP contribution in [0.5, 0.6) is 0 Å². The molecule has 3 aromatic rings. The summed E-state index contributed by atoms with van der Waals surface area (Å²) in [5, 5.41) is 14.6. The number of aryl methyl sites for hydroxylation is 3. The molecule has 0 aliphatic carbocycles. The summed E-state index contributed by atoms with van der Waals surface area (Å²) in [5.41, 5.74) is 5.28. The molecule has 0 unspecified atom stereocenters. The highest BCUT2D eigenvalue weighted by atomic mass is 32.2. The van der Waals surface area contributed by atoms with Gasteiger partial charge >= 0.3 is 5.69 Å². The summed E-state index contributed by atoms with van der Waals surface area (Å²) in [7, 11) is -3.97. The molecular weight excluding hydrogens is 408 g/mol. The minimum atomic E-state index is -3.97. The first-order valence-electron chi connectivity index (χ1n) is 8.85. The van der Waals surface area contributed by atoms with Gasteiger partial charge in [-0.1, -0.05) is 23.8 Å². The maximum absolute atomic E-state index is 12.4. The van der Waals surface area contributed by atoms with Crippen LogP contribution in [-0.4, -0.2) is 23.3 Å². The summed E-state index contributed by atoms with van der Waals surface area (Å²) in [6.45, 7) is 5.63. The Labute approximate surface area is 173 Å². The second-order valence-corrected chi connectivity index (χ2v) is 8.40. The Morgan fingerprint density at radius 2 is 1.50 bits per heavy atom. The van der Waals surface area contributed by atoms with Crippen molar-refractivity contribution in [2.45, 2.75) is 25.7 Å². The van der Waals surface area contributed by atoms with Gasteiger partial charge in [0, 0.05) is 5.69 Å². The summed E-state index contributed by atoms with van der Waals surface area (Å²) >= 11 is 0. The molecular formula is C19H20N6O4S. The average Bonchev–Trinajstić information content (AvgIpc) is 2.66. The van der Waals surface area contributed by atoms with Crippen LogP contribution in [0.2, 0.25) is 0 Å². The number of benzene rings is 2. The minimum absolute atomic E-state index is 0.00546. The molecule has 1 aromatic heterocycles. The standard InChI is InChI=1S/C19H20N6O4S/c1-12-4-6-16(7-5-12)30(28,29)24-23-19-17(25(26)27)18(20-11-21-19)22-15-9-13(2)8-14(3)10-15/h4-11,24H,1-3H3,(H2,20,21,22,23). The molecule has 0 aliphatic rings. The number of nitrogens with zero attached hydrogens (tertiary/aromatic N) is 3. The molecule has 0 bridgehead atoms. The zero-order valence-corrected chi connectivity index (χ0v) is 17.3. The number of anilines is 3. The Morgan fingerprint density at radius 3 is 2.10 bits per heavy atom. The lowest BCUT2D eigenvalue weighted by molar-refractivity contribution is -0.383. The van der Waals surface area contributed by atoms with Crippen molar-refractivity contribution in [3.63, 3.8) is 0 Å². The van der Waals surface area contributed by atoms with Gasteiger partial charge in [-0.15, -0.1) is 4.83 Å². The van der Waals surface area contributed by atoms with Crippen LogP contribution in [0.1, 0.15) is 16.7 Å². The molecule has 2 aromatic carbocycles. The van der Waals surface area contributed by atoms with Crippen molar-refractivity contribution in [3.05, 3.63) is 75.6 Å². The van der Waals surface area contributed by atoms with Gasteiger partial charge in [0.25, 0.3) is 10.0 Å². The Hall–Kier alpha value is -3.57. The van der Waals surface area contributed by atoms with E-state index in [-0.39, 0.29) is 16.5 Å². The predicted molar refractivity (Wildman–Crippen MR) is 113 cm³/mol. The van der Waals surface area contributed by atoms with E-state index in [9.17, 15) is 18.5 Å². The van der Waals surface area contributed by atoms with Crippen molar-refractivity contribution >= 4 is 33.0 Å². The first kappa shape index (κ1) is 21.1. The second-order valence-electron chi connectivity index (χ2n) is 6.72. The van der Waals surface area contributed by atoms with Crippen molar-refractivity contribution in [2.24, 2.45) is 0 Å². The van der Waals surface area contributed by atoms with E-state index in [1.807, 2.05) is 39.0 Å². The fourth-order valence-corrected chi connectivity index (χ4v) is 3.65. The fourth-order valence-electron chi connectivity index (χ4n) is 2.81. The number of nitrogens with one attached hydrogen (secondary N) is 3. The Bertz CT molecular complexity index is 1180. The van der Waals surface area contributed by atoms with Crippen molar-refractivity contribution in [3.8, 4) is 0 Å². The Balaban J connectivity index is 1.89. The number of sulfonamides is 1. The monoisotopic (exact) mass is 428 g/mol. The second kappa shape index (κ2) is 8.43. The van der Waals surface area contributed by atoms with E-state index in [2.05, 4.69) is 25.5 Å². The average molecular weight is 428 g/mol. The quantitative estimate of drug-likeness (QED) is 0.384. The molecule has 156 valence electrons. The van der Waals surface area contributed by atoms with Gasteiger partial charge in [0.1, 0.15) is 6.33 Å². The third kappa shape index (κ3) is 4.88. The van der Waals surface area contributed by atoms with Crippen LogP contribution in [-0.2, 0) is 10.0 Å². The molecule has 0 saturated heterocycles. The molecule has 0 radical (unpaired) electrons. The summed E-state index contributed by atoms with van der Waals surface area (Å²) < 4.78 is 24.9. The number of hydrazine groups is 1. The first-order chi connectivity index (χ1) is 14.2. The zero-order valence-electron chi connectivity index (χ0n) is 16.5. The van der Waals surface area contributed by atoms with Gasteiger partial charge in [0.05, 0.1) is 9.82 Å². The Kier molecular flexibility index (Phi) is 5.94. The smallest absolute Gasteiger partial charge is 0.334 e. The molecule has 3 rings (SSSR count). The van der Waals surface area contributed by atoms with Crippen LogP contribution < -0.4 is 15.6 Å². The van der Waals surface area contributed by atoms with Gasteiger partial charge in [-0.25, -0.2) is 18.4 Å². The van der Waals surface area contributed by atoms with Crippen LogP contribution in [0.4, 0.5) is 23.0 Å². The normalized spacial score (nSPS) is 11.2. The molecule has 10 nitrogen and oxygen atoms in total. The highest BCUT2D eigenvalue weighted by Crippen LogP contribution is 2.31. The van der Waals surface area contributed by atoms with E-state index >= 15 is 0 Å². The molecule has 1 heterocycles. The summed E-state index contributed by atoms with van der Waals surface area (Å²) in [6, 6.07) is 11.7. The summed E-state index contributed by atoms with van der Waals surface area (Å²) in [6.07, 6.45) is 1.10. The molecule has 0 saturated carbocycles. The molecule has 0 aliphatic heterocycles. The van der Waals surface area contributed by atoms with E-state index in [1.54, 1.807) is 12.1 Å². The van der Waals surface area contributed by atoms with Crippen molar-refractivity contribution in [1.82, 2.24) is 14.8 Å².